The first-order chi connectivity index (χ1) is 15.4. The summed E-state index contributed by atoms with van der Waals surface area (Å²) in [6, 6.07) is 9.94. The number of piperazine rings is 1. The van der Waals surface area contributed by atoms with E-state index < -0.39 is 10.0 Å². The van der Waals surface area contributed by atoms with Crippen molar-refractivity contribution in [2.75, 3.05) is 49.5 Å². The number of nitrogens with zero attached hydrogens (tertiary/aromatic N) is 4. The van der Waals surface area contributed by atoms with Gasteiger partial charge in [0.2, 0.25) is 5.91 Å². The van der Waals surface area contributed by atoms with Crippen molar-refractivity contribution >= 4 is 44.9 Å². The first-order valence-electron chi connectivity index (χ1n) is 10.4. The fourth-order valence-corrected chi connectivity index (χ4v) is 4.92. The van der Waals surface area contributed by atoms with Gasteiger partial charge in [0.15, 0.2) is 0 Å². The first kappa shape index (κ1) is 22.5. The lowest BCUT2D eigenvalue weighted by molar-refractivity contribution is -0.117. The fraction of sp³-hybridized carbons (Fsp3) is 0.381. The van der Waals surface area contributed by atoms with Crippen molar-refractivity contribution in [3.05, 3.63) is 47.6 Å². The van der Waals surface area contributed by atoms with E-state index in [1.54, 1.807) is 18.3 Å². The number of carbonyl (C=O) groups excluding carboxylic acids is 1. The van der Waals surface area contributed by atoms with E-state index in [-0.39, 0.29) is 17.3 Å². The molecule has 0 radical (unpaired) electrons. The average molecular weight is 477 g/mol. The predicted octanol–water partition coefficient (Wildman–Crippen LogP) is 1.97. The molecule has 2 aliphatic heterocycles. The molecular weight excluding hydrogens is 452 g/mol. The van der Waals surface area contributed by atoms with E-state index in [1.807, 2.05) is 12.1 Å². The van der Waals surface area contributed by atoms with Gasteiger partial charge in [0.05, 0.1) is 16.5 Å². The van der Waals surface area contributed by atoms with E-state index in [0.717, 1.165) is 38.4 Å². The van der Waals surface area contributed by atoms with Crippen molar-refractivity contribution in [1.29, 1.82) is 0 Å². The number of benzene rings is 1. The number of carbonyl (C=O) groups is 1. The molecule has 1 amide bonds. The Morgan fingerprint density at radius 2 is 1.94 bits per heavy atom. The van der Waals surface area contributed by atoms with Crippen molar-refractivity contribution in [2.45, 2.75) is 17.7 Å². The summed E-state index contributed by atoms with van der Waals surface area (Å²) in [5.74, 6) is 1.16. The van der Waals surface area contributed by atoms with Crippen LogP contribution < -0.4 is 14.9 Å². The van der Waals surface area contributed by atoms with Crippen molar-refractivity contribution in [3.63, 3.8) is 0 Å². The number of amides is 1. The molecule has 2 aromatic rings. The smallest absolute Gasteiger partial charge is 0.262 e. The highest BCUT2D eigenvalue weighted by atomic mass is 35.5. The van der Waals surface area contributed by atoms with Crippen LogP contribution in [0.25, 0.3) is 0 Å². The van der Waals surface area contributed by atoms with Crippen molar-refractivity contribution in [3.8, 4) is 0 Å². The third-order valence-corrected chi connectivity index (χ3v) is 6.93. The zero-order chi connectivity index (χ0) is 22.6. The molecule has 2 N–H and O–H groups in total. The summed E-state index contributed by atoms with van der Waals surface area (Å²) in [6.07, 6.45) is 3.09. The van der Waals surface area contributed by atoms with E-state index >= 15 is 0 Å². The minimum absolute atomic E-state index is 0.0916. The second-order valence-corrected chi connectivity index (χ2v) is 9.83. The van der Waals surface area contributed by atoms with Gasteiger partial charge >= 0.3 is 0 Å². The lowest BCUT2D eigenvalue weighted by Crippen LogP contribution is -2.48. The summed E-state index contributed by atoms with van der Waals surface area (Å²) in [7, 11) is -3.73. The van der Waals surface area contributed by atoms with Crippen LogP contribution in [0, 0.1) is 0 Å². The summed E-state index contributed by atoms with van der Waals surface area (Å²) in [6.45, 7) is 3.82. The number of anilines is 2. The number of pyridine rings is 1. The van der Waals surface area contributed by atoms with Gasteiger partial charge in [-0.05, 0) is 36.8 Å². The van der Waals surface area contributed by atoms with Gasteiger partial charge in [0.1, 0.15) is 11.7 Å². The van der Waals surface area contributed by atoms with E-state index in [1.165, 1.54) is 12.1 Å². The van der Waals surface area contributed by atoms with Crippen LogP contribution in [-0.4, -0.2) is 69.3 Å². The highest BCUT2D eigenvalue weighted by Crippen LogP contribution is 2.18. The largest absolute Gasteiger partial charge is 0.354 e. The lowest BCUT2D eigenvalue weighted by Gasteiger charge is -2.35. The fourth-order valence-electron chi connectivity index (χ4n) is 3.67. The van der Waals surface area contributed by atoms with Crippen molar-refractivity contribution in [1.82, 2.24) is 14.6 Å². The Labute approximate surface area is 192 Å². The molecule has 1 aromatic carbocycles. The Kier molecular flexibility index (Phi) is 6.92. The number of aliphatic imine (C=N–C) groups is 1. The number of nitrogens with one attached hydrogen (secondary N) is 2. The monoisotopic (exact) mass is 476 g/mol. The molecule has 0 aliphatic carbocycles. The number of hydrogen-bond donors (Lipinski definition) is 2. The van der Waals surface area contributed by atoms with E-state index in [0.29, 0.717) is 29.5 Å². The normalized spacial score (nSPS) is 17.2. The zero-order valence-electron chi connectivity index (χ0n) is 17.5. The SMILES string of the molecule is O=C(CN1CCN(c2ccc(Cl)cn2)CC1)Nc1cccc(S(=O)(=O)NC2=NCCC2)c1. The van der Waals surface area contributed by atoms with E-state index in [4.69, 9.17) is 11.6 Å². The molecule has 1 fully saturated rings. The maximum Gasteiger partial charge on any atom is 0.262 e. The number of rotatable bonds is 6. The minimum atomic E-state index is -3.73. The average Bonchev–Trinajstić information content (AvgIpc) is 3.27. The second-order valence-electron chi connectivity index (χ2n) is 7.71. The topological polar surface area (TPSA) is 107 Å². The Morgan fingerprint density at radius 1 is 1.12 bits per heavy atom. The zero-order valence-corrected chi connectivity index (χ0v) is 19.1. The van der Waals surface area contributed by atoms with Crippen molar-refractivity contribution < 1.29 is 13.2 Å². The molecule has 11 heteroatoms. The lowest BCUT2D eigenvalue weighted by atomic mass is 10.3. The Morgan fingerprint density at radius 3 is 2.62 bits per heavy atom. The highest BCUT2D eigenvalue weighted by molar-refractivity contribution is 7.90. The summed E-state index contributed by atoms with van der Waals surface area (Å²) < 4.78 is 27.7. The van der Waals surface area contributed by atoms with Gasteiger partial charge in [0, 0.05) is 51.0 Å². The number of halogens is 1. The van der Waals surface area contributed by atoms with E-state index in [9.17, 15) is 13.2 Å². The molecule has 170 valence electrons. The molecule has 0 bridgehead atoms. The van der Waals surface area contributed by atoms with E-state index in [2.05, 4.69) is 29.8 Å². The Balaban J connectivity index is 1.30. The standard InChI is InChI=1S/C21H25ClN6O3S/c22-16-6-7-20(24-14-16)28-11-9-27(10-12-28)15-21(29)25-17-3-1-4-18(13-17)32(30,31)26-19-5-2-8-23-19/h1,3-4,6-7,13-14H,2,5,8-12,15H2,(H,23,26)(H,25,29). The molecular formula is C21H25ClN6O3S. The number of amidine groups is 1. The predicted molar refractivity (Wildman–Crippen MR) is 125 cm³/mol. The molecule has 3 heterocycles. The van der Waals surface area contributed by atoms with Gasteiger partial charge in [-0.15, -0.1) is 0 Å². The molecule has 1 aromatic heterocycles. The molecule has 0 unspecified atom stereocenters. The van der Waals surface area contributed by atoms with Gasteiger partial charge < -0.3 is 10.2 Å². The number of hydrogen-bond acceptors (Lipinski definition) is 7. The van der Waals surface area contributed by atoms with Crippen LogP contribution >= 0.6 is 11.6 Å². The van der Waals surface area contributed by atoms with Crippen LogP contribution in [0.1, 0.15) is 12.8 Å². The third kappa shape index (κ3) is 5.76. The highest BCUT2D eigenvalue weighted by Gasteiger charge is 2.21. The van der Waals surface area contributed by atoms with Crippen LogP contribution in [0.15, 0.2) is 52.5 Å². The maximum absolute atomic E-state index is 12.6. The number of aromatic nitrogens is 1. The quantitative estimate of drug-likeness (QED) is 0.660. The van der Waals surface area contributed by atoms with Crippen LogP contribution in [0.4, 0.5) is 11.5 Å². The summed E-state index contributed by atoms with van der Waals surface area (Å²) in [4.78, 5) is 25.3. The molecule has 32 heavy (non-hydrogen) atoms. The second kappa shape index (κ2) is 9.85. The first-order valence-corrected chi connectivity index (χ1v) is 12.3. The van der Waals surface area contributed by atoms with Gasteiger partial charge in [-0.2, -0.15) is 0 Å². The molecule has 0 saturated carbocycles. The van der Waals surface area contributed by atoms with Gasteiger partial charge in [-0.1, -0.05) is 17.7 Å². The van der Waals surface area contributed by atoms with Gasteiger partial charge in [-0.25, -0.2) is 13.4 Å². The number of sulfonamides is 1. The molecule has 2 aliphatic rings. The third-order valence-electron chi connectivity index (χ3n) is 5.33. The van der Waals surface area contributed by atoms with Crippen molar-refractivity contribution in [2.24, 2.45) is 4.99 Å². The molecule has 1 saturated heterocycles. The van der Waals surface area contributed by atoms with Gasteiger partial charge in [-0.3, -0.25) is 19.4 Å². The molecule has 9 nitrogen and oxygen atoms in total. The molecule has 0 spiro atoms. The summed E-state index contributed by atoms with van der Waals surface area (Å²) in [5, 5.41) is 3.40. The minimum Gasteiger partial charge on any atom is -0.354 e. The van der Waals surface area contributed by atoms with Crippen LogP contribution in [-0.2, 0) is 14.8 Å². The Hall–Kier alpha value is -2.69. The Bertz CT molecular complexity index is 1100. The van der Waals surface area contributed by atoms with Gasteiger partial charge in [0.25, 0.3) is 10.0 Å². The van der Waals surface area contributed by atoms with Crippen LogP contribution in [0.3, 0.4) is 0 Å². The summed E-state index contributed by atoms with van der Waals surface area (Å²) >= 11 is 5.89. The maximum atomic E-state index is 12.6. The van der Waals surface area contributed by atoms with Crippen LogP contribution in [0.2, 0.25) is 5.02 Å². The molecule has 0 atom stereocenters. The molecule has 4 rings (SSSR count). The van der Waals surface area contributed by atoms with Crippen LogP contribution in [0.5, 0.6) is 0 Å². The summed E-state index contributed by atoms with van der Waals surface area (Å²) in [5.41, 5.74) is 0.440.